The van der Waals surface area contributed by atoms with Gasteiger partial charge in [-0.2, -0.15) is 0 Å². The Labute approximate surface area is 166 Å². The molecule has 1 aromatic heterocycles. The third-order valence-corrected chi connectivity index (χ3v) is 5.07. The first-order valence-electron chi connectivity index (χ1n) is 9.77. The van der Waals surface area contributed by atoms with Crippen LogP contribution in [0.1, 0.15) is 36.3 Å². The molecule has 3 N–H and O–H groups in total. The molecule has 0 aliphatic carbocycles. The minimum Gasteiger partial charge on any atom is -0.349 e. The highest BCUT2D eigenvalue weighted by molar-refractivity contribution is 5.79. The van der Waals surface area contributed by atoms with E-state index >= 15 is 0 Å². The molecular formula is C23H28N4O. The molecule has 2 atom stereocenters. The monoisotopic (exact) mass is 376 g/mol. The highest BCUT2D eigenvalue weighted by Gasteiger charge is 2.22. The van der Waals surface area contributed by atoms with Gasteiger partial charge in [0, 0.05) is 25.0 Å². The Kier molecular flexibility index (Phi) is 6.98. The van der Waals surface area contributed by atoms with Gasteiger partial charge in [0.05, 0.1) is 12.5 Å². The number of nitrogens with zero attached hydrogens (tertiary/aromatic N) is 2. The Morgan fingerprint density at radius 1 is 1.11 bits per heavy atom. The van der Waals surface area contributed by atoms with Gasteiger partial charge in [-0.25, -0.2) is 4.98 Å². The van der Waals surface area contributed by atoms with E-state index in [0.717, 1.165) is 30.8 Å². The molecule has 1 heterocycles. The molecule has 28 heavy (non-hydrogen) atoms. The van der Waals surface area contributed by atoms with Crippen molar-refractivity contribution in [2.75, 3.05) is 0 Å². The van der Waals surface area contributed by atoms with E-state index in [1.807, 2.05) is 49.5 Å². The first-order valence-corrected chi connectivity index (χ1v) is 9.77. The predicted octanol–water partition coefficient (Wildman–Crippen LogP) is 3.47. The number of nitrogens with two attached hydrogens (primary N) is 1. The molecule has 5 nitrogen and oxygen atoms in total. The molecule has 5 heteroatoms. The van der Waals surface area contributed by atoms with Gasteiger partial charge in [-0.05, 0) is 24.0 Å². The van der Waals surface area contributed by atoms with Gasteiger partial charge in [-0.15, -0.1) is 0 Å². The van der Waals surface area contributed by atoms with E-state index in [2.05, 4.69) is 39.1 Å². The summed E-state index contributed by atoms with van der Waals surface area (Å²) in [7, 11) is 0. The van der Waals surface area contributed by atoms with Crippen LogP contribution >= 0.6 is 0 Å². The van der Waals surface area contributed by atoms with Crippen molar-refractivity contribution < 1.29 is 4.79 Å². The van der Waals surface area contributed by atoms with Crippen LogP contribution in [-0.4, -0.2) is 15.5 Å². The molecule has 2 unspecified atom stereocenters. The van der Waals surface area contributed by atoms with Gasteiger partial charge in [0.15, 0.2) is 0 Å². The molecule has 0 radical (unpaired) electrons. The highest BCUT2D eigenvalue weighted by Crippen LogP contribution is 2.19. The zero-order valence-electron chi connectivity index (χ0n) is 16.3. The number of benzene rings is 2. The number of carbonyl (C=O) groups excluding carboxylic acids is 1. The molecule has 0 aliphatic rings. The first-order chi connectivity index (χ1) is 13.6. The van der Waals surface area contributed by atoms with Gasteiger partial charge in [-0.1, -0.05) is 67.6 Å². The molecule has 146 valence electrons. The summed E-state index contributed by atoms with van der Waals surface area (Å²) in [6.45, 7) is 3.14. The Hall–Kier alpha value is -2.92. The van der Waals surface area contributed by atoms with Crippen LogP contribution < -0.4 is 11.1 Å². The first kappa shape index (κ1) is 19.8. The van der Waals surface area contributed by atoms with Gasteiger partial charge in [0.1, 0.15) is 5.82 Å². The Morgan fingerprint density at radius 3 is 2.50 bits per heavy atom. The van der Waals surface area contributed by atoms with Crippen LogP contribution in [0.3, 0.4) is 0 Å². The molecule has 3 rings (SSSR count). The van der Waals surface area contributed by atoms with Crippen molar-refractivity contribution in [2.24, 2.45) is 11.7 Å². The van der Waals surface area contributed by atoms with Crippen LogP contribution in [0.15, 0.2) is 73.1 Å². The second-order valence-corrected chi connectivity index (χ2v) is 7.07. The van der Waals surface area contributed by atoms with E-state index < -0.39 is 0 Å². The van der Waals surface area contributed by atoms with Crippen molar-refractivity contribution in [3.8, 4) is 0 Å². The Morgan fingerprint density at radius 2 is 1.79 bits per heavy atom. The molecule has 0 fully saturated rings. The molecule has 3 aromatic rings. The normalized spacial score (nSPS) is 13.1. The van der Waals surface area contributed by atoms with Crippen LogP contribution in [0.25, 0.3) is 0 Å². The number of nitrogens with one attached hydrogen (secondary N) is 1. The van der Waals surface area contributed by atoms with Gasteiger partial charge in [-0.3, -0.25) is 4.79 Å². The number of hydrogen-bond donors (Lipinski definition) is 2. The van der Waals surface area contributed by atoms with Crippen LogP contribution in [0.4, 0.5) is 0 Å². The topological polar surface area (TPSA) is 72.9 Å². The summed E-state index contributed by atoms with van der Waals surface area (Å²) < 4.78 is 2.10. The minimum absolute atomic E-state index is 0.0600. The van der Waals surface area contributed by atoms with Crippen molar-refractivity contribution in [2.45, 2.75) is 38.9 Å². The smallest absolute Gasteiger partial charge is 0.225 e. The van der Waals surface area contributed by atoms with Crippen LogP contribution in [-0.2, 0) is 24.3 Å². The summed E-state index contributed by atoms with van der Waals surface area (Å²) in [4.78, 5) is 16.9. The lowest BCUT2D eigenvalue weighted by Gasteiger charge is -2.20. The van der Waals surface area contributed by atoms with Gasteiger partial charge < -0.3 is 15.6 Å². The molecule has 0 spiro atoms. The Balaban J connectivity index is 1.49. The summed E-state index contributed by atoms with van der Waals surface area (Å²) in [5.74, 6) is 0.487. The van der Waals surface area contributed by atoms with Gasteiger partial charge in [0.25, 0.3) is 0 Å². The van der Waals surface area contributed by atoms with Crippen molar-refractivity contribution >= 4 is 5.91 Å². The third-order valence-electron chi connectivity index (χ3n) is 5.07. The summed E-state index contributed by atoms with van der Waals surface area (Å²) in [5.41, 5.74) is 8.56. The van der Waals surface area contributed by atoms with Crippen molar-refractivity contribution in [1.82, 2.24) is 14.9 Å². The second-order valence-electron chi connectivity index (χ2n) is 7.07. The molecular weight excluding hydrogens is 348 g/mol. The van der Waals surface area contributed by atoms with Gasteiger partial charge >= 0.3 is 0 Å². The van der Waals surface area contributed by atoms with Crippen LogP contribution in [0, 0.1) is 5.92 Å². The summed E-state index contributed by atoms with van der Waals surface area (Å²) in [6.07, 6.45) is 5.79. The average molecular weight is 377 g/mol. The third kappa shape index (κ3) is 5.30. The summed E-state index contributed by atoms with van der Waals surface area (Å²) in [6, 6.07) is 19.8. The lowest BCUT2D eigenvalue weighted by molar-refractivity contribution is -0.125. The molecule has 0 saturated heterocycles. The van der Waals surface area contributed by atoms with Crippen LogP contribution in [0.5, 0.6) is 0 Å². The van der Waals surface area contributed by atoms with E-state index in [1.165, 1.54) is 5.56 Å². The largest absolute Gasteiger partial charge is 0.349 e. The standard InChI is InChI=1S/C23H28N4O/c1-18(22(24)20-12-6-3-7-13-20)23(28)26-17-21-25-14-16-27(21)15-8-11-19-9-4-2-5-10-19/h2-7,9-10,12-14,16,18,22H,8,11,15,17,24H2,1H3,(H,26,28). The number of rotatable bonds is 9. The maximum absolute atomic E-state index is 12.5. The van der Waals surface area contributed by atoms with Crippen molar-refractivity contribution in [3.05, 3.63) is 90.0 Å². The van der Waals surface area contributed by atoms with Crippen molar-refractivity contribution in [1.29, 1.82) is 0 Å². The fourth-order valence-electron chi connectivity index (χ4n) is 3.26. The molecule has 0 bridgehead atoms. The Bertz CT molecular complexity index is 861. The number of amides is 1. The number of aromatic nitrogens is 2. The van der Waals surface area contributed by atoms with E-state index in [4.69, 9.17) is 5.73 Å². The average Bonchev–Trinajstić information content (AvgIpc) is 3.19. The molecule has 1 amide bonds. The molecule has 0 saturated carbocycles. The van der Waals surface area contributed by atoms with Crippen LogP contribution in [0.2, 0.25) is 0 Å². The zero-order chi connectivity index (χ0) is 19.8. The number of aryl methyl sites for hydroxylation is 2. The lowest BCUT2D eigenvalue weighted by Crippen LogP contribution is -2.35. The minimum atomic E-state index is -0.327. The maximum Gasteiger partial charge on any atom is 0.225 e. The van der Waals surface area contributed by atoms with E-state index in [-0.39, 0.29) is 17.9 Å². The van der Waals surface area contributed by atoms with Gasteiger partial charge in [0.2, 0.25) is 5.91 Å². The maximum atomic E-state index is 12.5. The predicted molar refractivity (Wildman–Crippen MR) is 111 cm³/mol. The highest BCUT2D eigenvalue weighted by atomic mass is 16.1. The SMILES string of the molecule is CC(C(=O)NCc1nccn1CCCc1ccccc1)C(N)c1ccccc1. The number of imidazole rings is 1. The van der Waals surface area contributed by atoms with E-state index in [9.17, 15) is 4.79 Å². The summed E-state index contributed by atoms with van der Waals surface area (Å²) >= 11 is 0. The fraction of sp³-hybridized carbons (Fsp3) is 0.304. The summed E-state index contributed by atoms with van der Waals surface area (Å²) in [5, 5.41) is 2.98. The zero-order valence-corrected chi connectivity index (χ0v) is 16.3. The van der Waals surface area contributed by atoms with E-state index in [1.54, 1.807) is 6.20 Å². The van der Waals surface area contributed by atoms with Crippen molar-refractivity contribution in [3.63, 3.8) is 0 Å². The second kappa shape index (κ2) is 9.85. The molecule has 0 aliphatic heterocycles. The fourth-order valence-corrected chi connectivity index (χ4v) is 3.26. The number of hydrogen-bond acceptors (Lipinski definition) is 3. The molecule has 2 aromatic carbocycles. The lowest BCUT2D eigenvalue weighted by atomic mass is 9.95. The van der Waals surface area contributed by atoms with E-state index in [0.29, 0.717) is 6.54 Å². The quantitative estimate of drug-likeness (QED) is 0.601. The number of carbonyl (C=O) groups is 1.